The van der Waals surface area contributed by atoms with Crippen LogP contribution in [-0.2, 0) is 6.42 Å². The van der Waals surface area contributed by atoms with E-state index in [1.807, 2.05) is 31.2 Å². The van der Waals surface area contributed by atoms with Crippen LogP contribution in [0.2, 0.25) is 0 Å². The Bertz CT molecular complexity index is 732. The van der Waals surface area contributed by atoms with Crippen LogP contribution in [0.15, 0.2) is 54.0 Å². The van der Waals surface area contributed by atoms with Crippen LogP contribution in [0, 0.1) is 0 Å². The molecule has 0 radical (unpaired) electrons. The molecule has 0 amide bonds. The summed E-state index contributed by atoms with van der Waals surface area (Å²) in [7, 11) is 0. The van der Waals surface area contributed by atoms with Crippen molar-refractivity contribution in [2.45, 2.75) is 39.5 Å². The fraction of sp³-hybridized carbons (Fsp3) is 0.318. The first-order valence-corrected chi connectivity index (χ1v) is 8.82. The molecule has 3 nitrogen and oxygen atoms in total. The number of aliphatic imine (C=N–C) groups is 1. The molecule has 3 heteroatoms. The summed E-state index contributed by atoms with van der Waals surface area (Å²) in [4.78, 5) is 4.55. The van der Waals surface area contributed by atoms with Gasteiger partial charge in [-0.1, -0.05) is 32.1 Å². The summed E-state index contributed by atoms with van der Waals surface area (Å²) in [5.41, 5.74) is 3.92. The fourth-order valence-electron chi connectivity index (χ4n) is 2.61. The van der Waals surface area contributed by atoms with Crippen molar-refractivity contribution in [3.8, 4) is 11.5 Å². The average molecular weight is 337 g/mol. The molecule has 0 saturated heterocycles. The summed E-state index contributed by atoms with van der Waals surface area (Å²) < 4.78 is 5.52. The van der Waals surface area contributed by atoms with Crippen molar-refractivity contribution in [1.82, 2.24) is 0 Å². The Balaban J connectivity index is 2.26. The predicted molar refractivity (Wildman–Crippen MR) is 106 cm³/mol. The molecule has 0 aliphatic rings. The van der Waals surface area contributed by atoms with Gasteiger partial charge in [0.25, 0.3) is 0 Å². The molecule has 0 aromatic heterocycles. The smallest absolute Gasteiger partial charge is 0.161 e. The maximum atomic E-state index is 10.2. The van der Waals surface area contributed by atoms with Gasteiger partial charge in [-0.05, 0) is 61.1 Å². The summed E-state index contributed by atoms with van der Waals surface area (Å²) in [5.74, 6) is 1.22. The number of allylic oxidation sites excluding steroid dienone is 1. The molecule has 2 rings (SSSR count). The van der Waals surface area contributed by atoms with Gasteiger partial charge in [0.1, 0.15) is 0 Å². The van der Waals surface area contributed by atoms with Crippen LogP contribution >= 0.6 is 0 Å². The second-order valence-corrected chi connectivity index (χ2v) is 6.11. The van der Waals surface area contributed by atoms with E-state index in [4.69, 9.17) is 4.74 Å². The highest BCUT2D eigenvalue weighted by Crippen LogP contribution is 2.32. The first-order chi connectivity index (χ1) is 12.1. The van der Waals surface area contributed by atoms with Gasteiger partial charge in [-0.3, -0.25) is 4.99 Å². The lowest BCUT2D eigenvalue weighted by Crippen LogP contribution is -1.96. The molecule has 1 atom stereocenters. The van der Waals surface area contributed by atoms with Crippen molar-refractivity contribution in [2.75, 3.05) is 6.61 Å². The van der Waals surface area contributed by atoms with Crippen molar-refractivity contribution in [3.63, 3.8) is 0 Å². The van der Waals surface area contributed by atoms with Crippen molar-refractivity contribution in [1.29, 1.82) is 0 Å². The number of ether oxygens (including phenoxy) is 1. The Morgan fingerprint density at radius 1 is 1.20 bits per heavy atom. The second-order valence-electron chi connectivity index (χ2n) is 6.11. The number of hydrogen-bond acceptors (Lipinski definition) is 3. The Morgan fingerprint density at radius 3 is 2.52 bits per heavy atom. The van der Waals surface area contributed by atoms with Gasteiger partial charge in [0, 0.05) is 11.8 Å². The quantitative estimate of drug-likeness (QED) is 0.490. The van der Waals surface area contributed by atoms with Crippen molar-refractivity contribution in [3.05, 3.63) is 65.7 Å². The number of phenols is 1. The molecule has 0 saturated carbocycles. The third-order valence-corrected chi connectivity index (χ3v) is 4.28. The van der Waals surface area contributed by atoms with Gasteiger partial charge in [0.2, 0.25) is 0 Å². The molecule has 1 N–H and O–H groups in total. The van der Waals surface area contributed by atoms with Crippen LogP contribution in [0.5, 0.6) is 11.5 Å². The Hall–Kier alpha value is -2.55. The SMILES string of the molecule is C=CCc1cc(C=Nc2ccc([C@H](C)CC)cc2)cc(OCC)c1O. The summed E-state index contributed by atoms with van der Waals surface area (Å²) in [5, 5.41) is 10.2. The van der Waals surface area contributed by atoms with E-state index in [1.165, 1.54) is 5.56 Å². The Labute approximate surface area is 150 Å². The van der Waals surface area contributed by atoms with Gasteiger partial charge in [-0.25, -0.2) is 0 Å². The lowest BCUT2D eigenvalue weighted by atomic mass is 9.99. The monoisotopic (exact) mass is 337 g/mol. The summed E-state index contributed by atoms with van der Waals surface area (Å²) in [6.07, 6.45) is 5.27. The lowest BCUT2D eigenvalue weighted by molar-refractivity contribution is 0.317. The zero-order valence-corrected chi connectivity index (χ0v) is 15.3. The standard InChI is InChI=1S/C22H27NO2/c1-5-8-19-13-17(14-21(22(19)24)25-7-3)15-23-20-11-9-18(10-12-20)16(4)6-2/h5,9-16,24H,1,6-8H2,2-4H3/t16-/m1/s1. The molecule has 0 aliphatic heterocycles. The molecule has 0 fully saturated rings. The van der Waals surface area contributed by atoms with Crippen molar-refractivity contribution < 1.29 is 9.84 Å². The molecular weight excluding hydrogens is 310 g/mol. The third-order valence-electron chi connectivity index (χ3n) is 4.28. The zero-order valence-electron chi connectivity index (χ0n) is 15.3. The molecule has 0 bridgehead atoms. The van der Waals surface area contributed by atoms with Crippen molar-refractivity contribution in [2.24, 2.45) is 4.99 Å². The Morgan fingerprint density at radius 2 is 1.92 bits per heavy atom. The Kier molecular flexibility index (Phi) is 6.81. The number of aromatic hydroxyl groups is 1. The molecule has 132 valence electrons. The highest BCUT2D eigenvalue weighted by atomic mass is 16.5. The summed E-state index contributed by atoms with van der Waals surface area (Å²) in [6.45, 7) is 10.6. The first-order valence-electron chi connectivity index (χ1n) is 8.82. The molecule has 0 unspecified atom stereocenters. The predicted octanol–water partition coefficient (Wildman–Crippen LogP) is 5.78. The average Bonchev–Trinajstić information content (AvgIpc) is 2.63. The number of nitrogens with zero attached hydrogens (tertiary/aromatic N) is 1. The van der Waals surface area contributed by atoms with Gasteiger partial charge >= 0.3 is 0 Å². The molecule has 2 aromatic carbocycles. The third kappa shape index (κ3) is 4.96. The topological polar surface area (TPSA) is 41.8 Å². The fourth-order valence-corrected chi connectivity index (χ4v) is 2.61. The van der Waals surface area contributed by atoms with E-state index in [0.29, 0.717) is 24.7 Å². The van der Waals surface area contributed by atoms with E-state index in [-0.39, 0.29) is 5.75 Å². The number of hydrogen-bond donors (Lipinski definition) is 1. The number of rotatable bonds is 8. The van der Waals surface area contributed by atoms with Gasteiger partial charge in [0.15, 0.2) is 11.5 Å². The molecule has 0 aliphatic carbocycles. The minimum Gasteiger partial charge on any atom is -0.504 e. The molecule has 0 heterocycles. The van der Waals surface area contributed by atoms with E-state index in [0.717, 1.165) is 23.2 Å². The minimum absolute atomic E-state index is 0.178. The van der Waals surface area contributed by atoms with Crippen LogP contribution in [-0.4, -0.2) is 17.9 Å². The normalized spacial score (nSPS) is 12.3. The number of benzene rings is 2. The maximum absolute atomic E-state index is 10.2. The lowest BCUT2D eigenvalue weighted by Gasteiger charge is -2.11. The van der Waals surface area contributed by atoms with Crippen molar-refractivity contribution >= 4 is 11.9 Å². The second kappa shape index (κ2) is 9.07. The van der Waals surface area contributed by atoms with E-state index >= 15 is 0 Å². The maximum Gasteiger partial charge on any atom is 0.161 e. The first kappa shape index (κ1) is 18.8. The highest BCUT2D eigenvalue weighted by Gasteiger charge is 2.09. The largest absolute Gasteiger partial charge is 0.504 e. The van der Waals surface area contributed by atoms with Gasteiger partial charge in [-0.2, -0.15) is 0 Å². The molecule has 0 spiro atoms. The molecule has 25 heavy (non-hydrogen) atoms. The van der Waals surface area contributed by atoms with Crippen LogP contribution in [0.4, 0.5) is 5.69 Å². The summed E-state index contributed by atoms with van der Waals surface area (Å²) >= 11 is 0. The van der Waals surface area contributed by atoms with Crippen LogP contribution in [0.25, 0.3) is 0 Å². The van der Waals surface area contributed by atoms with Crippen LogP contribution in [0.1, 0.15) is 49.8 Å². The molecular formula is C22H27NO2. The van der Waals surface area contributed by atoms with E-state index in [2.05, 4.69) is 37.6 Å². The van der Waals surface area contributed by atoms with E-state index in [9.17, 15) is 5.11 Å². The molecule has 2 aromatic rings. The zero-order chi connectivity index (χ0) is 18.2. The number of phenolic OH excluding ortho intramolecular Hbond substituents is 1. The van der Waals surface area contributed by atoms with Gasteiger partial charge in [-0.15, -0.1) is 6.58 Å². The summed E-state index contributed by atoms with van der Waals surface area (Å²) in [6, 6.07) is 12.1. The van der Waals surface area contributed by atoms with E-state index < -0.39 is 0 Å². The van der Waals surface area contributed by atoms with Crippen LogP contribution in [0.3, 0.4) is 0 Å². The highest BCUT2D eigenvalue weighted by molar-refractivity contribution is 5.83. The van der Waals surface area contributed by atoms with Gasteiger partial charge < -0.3 is 9.84 Å². The van der Waals surface area contributed by atoms with Crippen LogP contribution < -0.4 is 4.74 Å². The van der Waals surface area contributed by atoms with Gasteiger partial charge in [0.05, 0.1) is 12.3 Å². The van der Waals surface area contributed by atoms with E-state index in [1.54, 1.807) is 12.3 Å². The minimum atomic E-state index is 0.178.